The highest BCUT2D eigenvalue weighted by Gasteiger charge is 2.37. The standard InChI is InChI=1S/C24H20FN3O3/c25-18-12-10-17(11-13-18)22-19-8-4-5-9-20(19)28(26)21(14-29)23(27-22)24(30)31-15-16-6-2-1-3-7-16/h1-14,21,23H,15,26H2. The molecule has 0 saturated heterocycles. The second-order valence-corrected chi connectivity index (χ2v) is 7.07. The molecule has 1 aliphatic rings. The third-order valence-corrected chi connectivity index (χ3v) is 5.07. The smallest absolute Gasteiger partial charge is 0.333 e. The average molecular weight is 417 g/mol. The Bertz CT molecular complexity index is 1120. The van der Waals surface area contributed by atoms with Crippen LogP contribution in [0.25, 0.3) is 0 Å². The molecule has 3 aromatic rings. The molecule has 31 heavy (non-hydrogen) atoms. The SMILES string of the molecule is NN1c2ccccc2C(c2ccc(F)cc2)=NC(C(=O)OCc2ccccc2)C1C=O. The summed E-state index contributed by atoms with van der Waals surface area (Å²) in [4.78, 5) is 29.6. The highest BCUT2D eigenvalue weighted by Crippen LogP contribution is 2.29. The van der Waals surface area contributed by atoms with E-state index in [0.717, 1.165) is 5.56 Å². The minimum Gasteiger partial charge on any atom is -0.459 e. The van der Waals surface area contributed by atoms with Crippen molar-refractivity contribution in [3.05, 3.63) is 101 Å². The van der Waals surface area contributed by atoms with Crippen molar-refractivity contribution in [3.8, 4) is 0 Å². The second kappa shape index (κ2) is 8.89. The zero-order chi connectivity index (χ0) is 21.8. The van der Waals surface area contributed by atoms with E-state index in [4.69, 9.17) is 10.6 Å². The maximum atomic E-state index is 13.5. The van der Waals surface area contributed by atoms with E-state index in [9.17, 15) is 14.0 Å². The summed E-state index contributed by atoms with van der Waals surface area (Å²) in [6.45, 7) is 0.0423. The van der Waals surface area contributed by atoms with Crippen molar-refractivity contribution < 1.29 is 18.7 Å². The first-order valence-electron chi connectivity index (χ1n) is 9.71. The number of nitrogens with zero attached hydrogens (tertiary/aromatic N) is 2. The highest BCUT2D eigenvalue weighted by molar-refractivity contribution is 6.17. The van der Waals surface area contributed by atoms with Crippen molar-refractivity contribution in [1.82, 2.24) is 0 Å². The minimum absolute atomic E-state index is 0.0423. The quantitative estimate of drug-likeness (QED) is 0.392. The third kappa shape index (κ3) is 4.22. The van der Waals surface area contributed by atoms with Gasteiger partial charge in [-0.1, -0.05) is 48.5 Å². The number of rotatable bonds is 5. The van der Waals surface area contributed by atoms with Crippen molar-refractivity contribution in [2.45, 2.75) is 18.7 Å². The molecular formula is C24H20FN3O3. The molecule has 0 amide bonds. The van der Waals surface area contributed by atoms with Crippen LogP contribution >= 0.6 is 0 Å². The van der Waals surface area contributed by atoms with Gasteiger partial charge in [-0.15, -0.1) is 0 Å². The molecule has 156 valence electrons. The van der Waals surface area contributed by atoms with Crippen molar-refractivity contribution in [1.29, 1.82) is 0 Å². The molecule has 3 aromatic carbocycles. The van der Waals surface area contributed by atoms with Gasteiger partial charge in [0.15, 0.2) is 6.04 Å². The molecule has 6 nitrogen and oxygen atoms in total. The Hall–Kier alpha value is -3.84. The molecule has 7 heteroatoms. The van der Waals surface area contributed by atoms with Gasteiger partial charge in [0.05, 0.1) is 11.4 Å². The van der Waals surface area contributed by atoms with E-state index in [0.29, 0.717) is 28.8 Å². The number of benzene rings is 3. The Morgan fingerprint density at radius 2 is 1.71 bits per heavy atom. The zero-order valence-electron chi connectivity index (χ0n) is 16.5. The van der Waals surface area contributed by atoms with Crippen molar-refractivity contribution in [2.75, 3.05) is 5.01 Å². The van der Waals surface area contributed by atoms with Gasteiger partial charge in [-0.25, -0.2) is 15.0 Å². The number of hydrazine groups is 1. The van der Waals surface area contributed by atoms with Crippen molar-refractivity contribution in [2.24, 2.45) is 10.8 Å². The predicted octanol–water partition coefficient (Wildman–Crippen LogP) is 3.04. The Balaban J connectivity index is 1.75. The van der Waals surface area contributed by atoms with Crippen LogP contribution in [0.4, 0.5) is 10.1 Å². The van der Waals surface area contributed by atoms with Gasteiger partial charge in [0.2, 0.25) is 0 Å². The van der Waals surface area contributed by atoms with Crippen LogP contribution in [0.5, 0.6) is 0 Å². The number of fused-ring (bicyclic) bond motifs is 1. The molecule has 1 heterocycles. The number of para-hydroxylation sites is 1. The van der Waals surface area contributed by atoms with E-state index >= 15 is 0 Å². The topological polar surface area (TPSA) is 85.0 Å². The van der Waals surface area contributed by atoms with E-state index in [-0.39, 0.29) is 6.61 Å². The minimum atomic E-state index is -1.20. The molecule has 4 rings (SSSR count). The van der Waals surface area contributed by atoms with Gasteiger partial charge in [0.25, 0.3) is 0 Å². The number of halogens is 1. The maximum Gasteiger partial charge on any atom is 0.333 e. The van der Waals surface area contributed by atoms with Gasteiger partial charge >= 0.3 is 5.97 Å². The number of hydrogen-bond donors (Lipinski definition) is 1. The predicted molar refractivity (Wildman–Crippen MR) is 115 cm³/mol. The summed E-state index contributed by atoms with van der Waals surface area (Å²) in [6.07, 6.45) is 0.586. The summed E-state index contributed by atoms with van der Waals surface area (Å²) in [6, 6.07) is 19.8. The summed E-state index contributed by atoms with van der Waals surface area (Å²) in [5.41, 5.74) is 2.98. The number of aliphatic imine (C=N–C) groups is 1. The first-order chi connectivity index (χ1) is 15.1. The van der Waals surface area contributed by atoms with Crippen LogP contribution in [0, 0.1) is 5.82 Å². The molecular weight excluding hydrogens is 397 g/mol. The Morgan fingerprint density at radius 3 is 2.42 bits per heavy atom. The number of ether oxygens (including phenoxy) is 1. The number of hydrogen-bond acceptors (Lipinski definition) is 6. The lowest BCUT2D eigenvalue weighted by Crippen LogP contribution is -2.51. The van der Waals surface area contributed by atoms with Gasteiger partial charge in [0, 0.05) is 11.1 Å². The van der Waals surface area contributed by atoms with Crippen molar-refractivity contribution >= 4 is 23.7 Å². The van der Waals surface area contributed by atoms with Crippen molar-refractivity contribution in [3.63, 3.8) is 0 Å². The van der Waals surface area contributed by atoms with Gasteiger partial charge < -0.3 is 9.53 Å². The number of aldehydes is 1. The molecule has 0 spiro atoms. The van der Waals surface area contributed by atoms with Crippen LogP contribution in [0.15, 0.2) is 83.9 Å². The van der Waals surface area contributed by atoms with E-state index in [1.807, 2.05) is 30.3 Å². The number of carbonyl (C=O) groups excluding carboxylic acids is 2. The summed E-state index contributed by atoms with van der Waals surface area (Å²) in [5, 5.41) is 1.23. The fourth-order valence-corrected chi connectivity index (χ4v) is 3.48. The molecule has 2 N–H and O–H groups in total. The second-order valence-electron chi connectivity index (χ2n) is 7.07. The Kier molecular flexibility index (Phi) is 5.86. The fraction of sp³-hybridized carbons (Fsp3) is 0.125. The van der Waals surface area contributed by atoms with Crippen LogP contribution in [-0.4, -0.2) is 30.1 Å². The van der Waals surface area contributed by atoms with E-state index in [1.165, 1.54) is 17.1 Å². The molecule has 0 bridgehead atoms. The first kappa shape index (κ1) is 20.4. The molecule has 2 atom stereocenters. The molecule has 1 aliphatic heterocycles. The van der Waals surface area contributed by atoms with Crippen LogP contribution < -0.4 is 10.9 Å². The van der Waals surface area contributed by atoms with Crippen LogP contribution in [0.1, 0.15) is 16.7 Å². The van der Waals surface area contributed by atoms with Crippen LogP contribution in [-0.2, 0) is 20.9 Å². The molecule has 2 unspecified atom stereocenters. The van der Waals surface area contributed by atoms with Gasteiger partial charge in [-0.05, 0) is 35.9 Å². The molecule has 0 radical (unpaired) electrons. The molecule has 0 aromatic heterocycles. The Labute approximate surface area is 178 Å². The lowest BCUT2D eigenvalue weighted by molar-refractivity contribution is -0.147. The number of esters is 1. The first-order valence-corrected chi connectivity index (χ1v) is 9.71. The lowest BCUT2D eigenvalue weighted by Gasteiger charge is -2.27. The van der Waals surface area contributed by atoms with E-state index < -0.39 is 23.9 Å². The zero-order valence-corrected chi connectivity index (χ0v) is 16.5. The third-order valence-electron chi connectivity index (χ3n) is 5.07. The summed E-state index contributed by atoms with van der Waals surface area (Å²) < 4.78 is 18.9. The normalized spacial score (nSPS) is 17.9. The largest absolute Gasteiger partial charge is 0.459 e. The van der Waals surface area contributed by atoms with E-state index in [2.05, 4.69) is 4.99 Å². The molecule has 0 saturated carbocycles. The summed E-state index contributed by atoms with van der Waals surface area (Å²) in [5.74, 6) is 5.19. The summed E-state index contributed by atoms with van der Waals surface area (Å²) >= 11 is 0. The highest BCUT2D eigenvalue weighted by atomic mass is 19.1. The molecule has 0 aliphatic carbocycles. The fourth-order valence-electron chi connectivity index (χ4n) is 3.48. The monoisotopic (exact) mass is 417 g/mol. The average Bonchev–Trinajstić information content (AvgIpc) is 2.93. The van der Waals surface area contributed by atoms with Gasteiger partial charge in [0.1, 0.15) is 24.8 Å². The van der Waals surface area contributed by atoms with E-state index in [1.54, 1.807) is 36.4 Å². The number of benzodiazepines with no additional fused rings is 1. The summed E-state index contributed by atoms with van der Waals surface area (Å²) in [7, 11) is 0. The Morgan fingerprint density at radius 1 is 1.03 bits per heavy atom. The number of nitrogens with two attached hydrogens (primary N) is 1. The van der Waals surface area contributed by atoms with Crippen LogP contribution in [0.2, 0.25) is 0 Å². The number of carbonyl (C=O) groups is 2. The van der Waals surface area contributed by atoms with Gasteiger partial charge in [-0.3, -0.25) is 10.0 Å². The lowest BCUT2D eigenvalue weighted by atomic mass is 10.0. The van der Waals surface area contributed by atoms with Crippen LogP contribution in [0.3, 0.4) is 0 Å². The number of anilines is 1. The maximum absolute atomic E-state index is 13.5. The van der Waals surface area contributed by atoms with Gasteiger partial charge in [-0.2, -0.15) is 0 Å². The molecule has 0 fully saturated rings.